The van der Waals surface area contributed by atoms with Crippen LogP contribution in [0.15, 0.2) is 72.1 Å². The molecule has 2 N–H and O–H groups in total. The summed E-state index contributed by atoms with van der Waals surface area (Å²) in [5.74, 6) is -0.400. The number of rotatable bonds is 8. The molecular weight excluding hydrogens is 406 g/mol. The van der Waals surface area contributed by atoms with Crippen molar-refractivity contribution < 1.29 is 9.59 Å². The van der Waals surface area contributed by atoms with E-state index < -0.39 is 6.04 Å². The van der Waals surface area contributed by atoms with Gasteiger partial charge in [0, 0.05) is 13.1 Å². The molecule has 160 valence electrons. The van der Waals surface area contributed by atoms with Crippen LogP contribution < -0.4 is 15.5 Å². The highest BCUT2D eigenvalue weighted by atomic mass is 32.1. The fourth-order valence-corrected chi connectivity index (χ4v) is 4.52. The highest BCUT2D eigenvalue weighted by Crippen LogP contribution is 2.29. The fourth-order valence-electron chi connectivity index (χ4n) is 3.89. The van der Waals surface area contributed by atoms with Crippen molar-refractivity contribution in [2.24, 2.45) is 0 Å². The molecule has 5 nitrogen and oxygen atoms in total. The molecule has 2 heterocycles. The topological polar surface area (TPSA) is 61.4 Å². The number of amides is 2. The minimum Gasteiger partial charge on any atom is -0.370 e. The predicted octanol–water partition coefficient (Wildman–Crippen LogP) is 4.72. The molecule has 1 fully saturated rings. The van der Waals surface area contributed by atoms with Gasteiger partial charge >= 0.3 is 0 Å². The third kappa shape index (κ3) is 5.52. The van der Waals surface area contributed by atoms with Gasteiger partial charge in [0.05, 0.1) is 16.3 Å². The van der Waals surface area contributed by atoms with Crippen molar-refractivity contribution in [3.8, 4) is 0 Å². The fraction of sp³-hybridized carbons (Fsp3) is 0.280. The van der Waals surface area contributed by atoms with Gasteiger partial charge in [-0.3, -0.25) is 9.59 Å². The highest BCUT2D eigenvalue weighted by Gasteiger charge is 2.24. The van der Waals surface area contributed by atoms with Crippen molar-refractivity contribution in [1.29, 1.82) is 0 Å². The standard InChI is InChI=1S/C25H27N3O2S/c29-24(26-20-11-4-5-12-22(20)28-16-6-7-17-28)21(15-14-19-9-2-1-3-10-19)27-25(30)23-13-8-18-31-23/h1-5,8-13,18,21H,6-7,14-17H2,(H,26,29)(H,27,30). The third-order valence-electron chi connectivity index (χ3n) is 5.54. The normalized spacial score (nSPS) is 14.3. The van der Waals surface area contributed by atoms with Gasteiger partial charge in [-0.15, -0.1) is 11.3 Å². The number of benzene rings is 2. The van der Waals surface area contributed by atoms with Gasteiger partial charge in [-0.25, -0.2) is 0 Å². The van der Waals surface area contributed by atoms with Crippen molar-refractivity contribution in [3.63, 3.8) is 0 Å². The second-order valence-corrected chi connectivity index (χ2v) is 8.68. The molecule has 1 aliphatic rings. The Bertz CT molecular complexity index is 999. The lowest BCUT2D eigenvalue weighted by atomic mass is 10.0. The van der Waals surface area contributed by atoms with E-state index >= 15 is 0 Å². The number of para-hydroxylation sites is 2. The zero-order chi connectivity index (χ0) is 21.5. The van der Waals surface area contributed by atoms with E-state index in [1.807, 2.05) is 66.0 Å². The van der Waals surface area contributed by atoms with Crippen LogP contribution in [0.1, 0.15) is 34.5 Å². The van der Waals surface area contributed by atoms with E-state index in [1.165, 1.54) is 24.2 Å². The molecule has 4 rings (SSSR count). The van der Waals surface area contributed by atoms with Crippen molar-refractivity contribution in [3.05, 3.63) is 82.6 Å². The number of carbonyl (C=O) groups is 2. The van der Waals surface area contributed by atoms with Crippen LogP contribution >= 0.6 is 11.3 Å². The van der Waals surface area contributed by atoms with Gasteiger partial charge in [-0.05, 0) is 54.8 Å². The Hall–Kier alpha value is -3.12. The first-order chi connectivity index (χ1) is 15.2. The minimum absolute atomic E-state index is 0.188. The number of thiophene rings is 1. The van der Waals surface area contributed by atoms with Crippen LogP contribution in [0.5, 0.6) is 0 Å². The van der Waals surface area contributed by atoms with E-state index in [2.05, 4.69) is 15.5 Å². The van der Waals surface area contributed by atoms with Gasteiger partial charge in [0.2, 0.25) is 5.91 Å². The van der Waals surface area contributed by atoms with Crippen LogP contribution in [0.4, 0.5) is 11.4 Å². The van der Waals surface area contributed by atoms with Crippen molar-refractivity contribution in [1.82, 2.24) is 5.32 Å². The quantitative estimate of drug-likeness (QED) is 0.540. The zero-order valence-electron chi connectivity index (χ0n) is 17.4. The van der Waals surface area contributed by atoms with E-state index in [-0.39, 0.29) is 11.8 Å². The molecule has 3 aromatic rings. The van der Waals surface area contributed by atoms with Crippen molar-refractivity contribution >= 4 is 34.5 Å². The van der Waals surface area contributed by atoms with Gasteiger partial charge in [0.1, 0.15) is 6.04 Å². The number of aryl methyl sites for hydroxylation is 1. The van der Waals surface area contributed by atoms with Crippen molar-refractivity contribution in [2.75, 3.05) is 23.3 Å². The average Bonchev–Trinajstić information content (AvgIpc) is 3.52. The molecule has 0 saturated carbocycles. The Kier molecular flexibility index (Phi) is 6.99. The lowest BCUT2D eigenvalue weighted by Crippen LogP contribution is -2.44. The molecule has 0 radical (unpaired) electrons. The minimum atomic E-state index is -0.624. The summed E-state index contributed by atoms with van der Waals surface area (Å²) in [6.45, 7) is 2.00. The van der Waals surface area contributed by atoms with Gasteiger partial charge in [-0.2, -0.15) is 0 Å². The number of carbonyl (C=O) groups excluding carboxylic acids is 2. The summed E-state index contributed by atoms with van der Waals surface area (Å²) in [6, 6.07) is 20.9. The van der Waals surface area contributed by atoms with Crippen LogP contribution in [0, 0.1) is 0 Å². The highest BCUT2D eigenvalue weighted by molar-refractivity contribution is 7.12. The maximum absolute atomic E-state index is 13.3. The first-order valence-corrected chi connectivity index (χ1v) is 11.6. The largest absolute Gasteiger partial charge is 0.370 e. The summed E-state index contributed by atoms with van der Waals surface area (Å²) in [5, 5.41) is 7.89. The molecule has 31 heavy (non-hydrogen) atoms. The van der Waals surface area contributed by atoms with Crippen LogP contribution in [0.25, 0.3) is 0 Å². The molecular formula is C25H27N3O2S. The van der Waals surface area contributed by atoms with Gasteiger partial charge in [-0.1, -0.05) is 48.5 Å². The maximum Gasteiger partial charge on any atom is 0.261 e. The molecule has 1 atom stereocenters. The van der Waals surface area contributed by atoms with E-state index in [9.17, 15) is 9.59 Å². The molecule has 6 heteroatoms. The van der Waals surface area contributed by atoms with E-state index in [0.717, 1.165) is 30.0 Å². The molecule has 1 unspecified atom stereocenters. The summed E-state index contributed by atoms with van der Waals surface area (Å²) in [7, 11) is 0. The Morgan fingerprint density at radius 2 is 1.68 bits per heavy atom. The van der Waals surface area contributed by atoms with Crippen molar-refractivity contribution in [2.45, 2.75) is 31.7 Å². The van der Waals surface area contributed by atoms with Gasteiger partial charge < -0.3 is 15.5 Å². The smallest absolute Gasteiger partial charge is 0.261 e. The summed E-state index contributed by atoms with van der Waals surface area (Å²) < 4.78 is 0. The summed E-state index contributed by atoms with van der Waals surface area (Å²) >= 11 is 1.37. The zero-order valence-corrected chi connectivity index (χ0v) is 18.2. The molecule has 0 bridgehead atoms. The molecule has 1 aliphatic heterocycles. The van der Waals surface area contributed by atoms with Gasteiger partial charge in [0.25, 0.3) is 5.91 Å². The number of anilines is 2. The van der Waals surface area contributed by atoms with Crippen LogP contribution in [-0.4, -0.2) is 30.9 Å². The molecule has 1 saturated heterocycles. The second-order valence-electron chi connectivity index (χ2n) is 7.73. The third-order valence-corrected chi connectivity index (χ3v) is 6.41. The molecule has 2 aromatic carbocycles. The average molecular weight is 434 g/mol. The SMILES string of the molecule is O=C(NC(CCc1ccccc1)C(=O)Nc1ccccc1N1CCCC1)c1cccs1. The van der Waals surface area contributed by atoms with E-state index in [1.54, 1.807) is 6.07 Å². The summed E-state index contributed by atoms with van der Waals surface area (Å²) in [6.07, 6.45) is 3.56. The van der Waals surface area contributed by atoms with E-state index in [0.29, 0.717) is 17.7 Å². The van der Waals surface area contributed by atoms with Crippen LogP contribution in [-0.2, 0) is 11.2 Å². The predicted molar refractivity (Wildman–Crippen MR) is 127 cm³/mol. The molecule has 1 aromatic heterocycles. The van der Waals surface area contributed by atoms with Gasteiger partial charge in [0.15, 0.2) is 0 Å². The lowest BCUT2D eigenvalue weighted by molar-refractivity contribution is -0.118. The number of nitrogens with zero attached hydrogens (tertiary/aromatic N) is 1. The van der Waals surface area contributed by atoms with Crippen LogP contribution in [0.3, 0.4) is 0 Å². The first-order valence-electron chi connectivity index (χ1n) is 10.7. The molecule has 0 spiro atoms. The Balaban J connectivity index is 1.50. The first kappa shape index (κ1) is 21.1. The maximum atomic E-state index is 13.3. The second kappa shape index (κ2) is 10.3. The summed E-state index contributed by atoms with van der Waals surface area (Å²) in [5.41, 5.74) is 2.98. The number of nitrogens with one attached hydrogen (secondary N) is 2. The van der Waals surface area contributed by atoms with E-state index in [4.69, 9.17) is 0 Å². The molecule has 0 aliphatic carbocycles. The Morgan fingerprint density at radius 3 is 2.42 bits per heavy atom. The lowest BCUT2D eigenvalue weighted by Gasteiger charge is -2.23. The summed E-state index contributed by atoms with van der Waals surface area (Å²) in [4.78, 5) is 28.8. The molecule has 2 amide bonds. The van der Waals surface area contributed by atoms with Crippen LogP contribution in [0.2, 0.25) is 0 Å². The Morgan fingerprint density at radius 1 is 0.935 bits per heavy atom. The number of hydrogen-bond acceptors (Lipinski definition) is 4. The Labute approximate surface area is 187 Å². The number of hydrogen-bond donors (Lipinski definition) is 2. The monoisotopic (exact) mass is 433 g/mol.